The Morgan fingerprint density at radius 1 is 1.22 bits per heavy atom. The zero-order valence-electron chi connectivity index (χ0n) is 16.0. The van der Waals surface area contributed by atoms with Crippen LogP contribution in [0.5, 0.6) is 0 Å². The third-order valence-electron chi connectivity index (χ3n) is 8.31. The summed E-state index contributed by atoms with van der Waals surface area (Å²) in [6.45, 7) is 4.17. The van der Waals surface area contributed by atoms with Crippen LogP contribution in [-0.2, 0) is 0 Å². The number of aliphatic hydroxyl groups is 2. The highest BCUT2D eigenvalue weighted by Gasteiger charge is 2.62. The van der Waals surface area contributed by atoms with Crippen molar-refractivity contribution < 1.29 is 20.6 Å². The summed E-state index contributed by atoms with van der Waals surface area (Å²) in [5.74, 6) is 0.989. The van der Waals surface area contributed by atoms with Crippen LogP contribution in [0.3, 0.4) is 0 Å². The fourth-order valence-corrected chi connectivity index (χ4v) is 7.16. The lowest BCUT2D eigenvalue weighted by Gasteiger charge is -2.58. The topological polar surface area (TPSA) is 106 Å². The third kappa shape index (κ3) is 2.53. The fraction of sp³-hybridized carbons (Fsp3) is 0.714. The predicted octanol–water partition coefficient (Wildman–Crippen LogP) is 2.96. The third-order valence-corrected chi connectivity index (χ3v) is 8.31. The number of fused-ring (bicyclic) bond motifs is 5. The van der Waals surface area contributed by atoms with E-state index >= 15 is 0 Å². The van der Waals surface area contributed by atoms with E-state index in [4.69, 9.17) is 5.21 Å². The molecule has 0 saturated heterocycles. The smallest absolute Gasteiger partial charge is 0.102 e. The maximum Gasteiger partial charge on any atom is 0.102 e. The van der Waals surface area contributed by atoms with Crippen molar-refractivity contribution in [3.05, 3.63) is 23.8 Å². The lowest BCUT2D eigenvalue weighted by atomic mass is 9.46. The Morgan fingerprint density at radius 3 is 2.67 bits per heavy atom. The van der Waals surface area contributed by atoms with Gasteiger partial charge in [-0.25, -0.2) is 0 Å². The van der Waals surface area contributed by atoms with Gasteiger partial charge in [-0.2, -0.15) is 0 Å². The molecule has 7 atom stereocenters. The van der Waals surface area contributed by atoms with Gasteiger partial charge < -0.3 is 20.6 Å². The summed E-state index contributed by atoms with van der Waals surface area (Å²) < 4.78 is 0. The maximum absolute atomic E-state index is 11.3. The molecule has 4 aliphatic carbocycles. The number of rotatable bonds is 2. The van der Waals surface area contributed by atoms with Gasteiger partial charge in [-0.3, -0.25) is 0 Å². The van der Waals surface area contributed by atoms with Crippen LogP contribution in [0.15, 0.2) is 34.1 Å². The molecule has 0 radical (unpaired) electrons. The van der Waals surface area contributed by atoms with Gasteiger partial charge in [0.15, 0.2) is 0 Å². The molecular weight excluding hydrogens is 344 g/mol. The molecule has 7 unspecified atom stereocenters. The van der Waals surface area contributed by atoms with Crippen LogP contribution in [-0.4, -0.2) is 44.8 Å². The molecule has 0 heterocycles. The van der Waals surface area contributed by atoms with Gasteiger partial charge in [0, 0.05) is 17.3 Å². The Labute approximate surface area is 160 Å². The molecule has 4 N–H and O–H groups in total. The maximum atomic E-state index is 11.3. The summed E-state index contributed by atoms with van der Waals surface area (Å²) >= 11 is 0. The van der Waals surface area contributed by atoms with Gasteiger partial charge in [0.05, 0.1) is 18.4 Å². The Balaban J connectivity index is 1.70. The van der Waals surface area contributed by atoms with Crippen molar-refractivity contribution in [2.45, 2.75) is 52.1 Å². The van der Waals surface area contributed by atoms with Gasteiger partial charge in [-0.15, -0.1) is 0 Å². The molecule has 0 spiro atoms. The summed E-state index contributed by atoms with van der Waals surface area (Å²) in [5.41, 5.74) is 1.89. The van der Waals surface area contributed by atoms with Crippen LogP contribution in [0.1, 0.15) is 46.0 Å². The van der Waals surface area contributed by atoms with Crippen molar-refractivity contribution in [3.8, 4) is 0 Å². The van der Waals surface area contributed by atoms with Crippen molar-refractivity contribution in [1.82, 2.24) is 0 Å². The Hall–Kier alpha value is -1.66. The van der Waals surface area contributed by atoms with Gasteiger partial charge in [-0.1, -0.05) is 35.8 Å². The van der Waals surface area contributed by atoms with Crippen LogP contribution in [0.4, 0.5) is 0 Å². The molecule has 27 heavy (non-hydrogen) atoms. The van der Waals surface area contributed by atoms with E-state index in [9.17, 15) is 15.4 Å². The quantitative estimate of drug-likeness (QED) is 0.339. The first-order chi connectivity index (χ1) is 12.9. The highest BCUT2D eigenvalue weighted by Crippen LogP contribution is 2.66. The number of oxime groups is 2. The standard InChI is InChI=1S/C21H30N2O4/c1-20-8-7-13(22-26)9-12(20)3-4-14-15-5-6-16(17(11-24)23-27)21(15,2)10-18(25)19(14)20/h7-9,14-16,18-19,24-27H,3-6,10-11H2,1-2H3/b22-13+,23-17+. The molecule has 4 rings (SSSR count). The zero-order chi connectivity index (χ0) is 19.4. The van der Waals surface area contributed by atoms with Crippen LogP contribution < -0.4 is 0 Å². The van der Waals surface area contributed by atoms with Crippen LogP contribution in [0.2, 0.25) is 0 Å². The molecule has 3 fully saturated rings. The van der Waals surface area contributed by atoms with E-state index in [-0.39, 0.29) is 29.3 Å². The first-order valence-corrected chi connectivity index (χ1v) is 10.0. The monoisotopic (exact) mass is 374 g/mol. The molecule has 0 aromatic carbocycles. The Bertz CT molecular complexity index is 742. The molecular formula is C21H30N2O4. The second kappa shape index (κ2) is 6.45. The molecule has 4 aliphatic rings. The lowest BCUT2D eigenvalue weighted by Crippen LogP contribution is -2.56. The van der Waals surface area contributed by atoms with E-state index in [1.807, 2.05) is 12.2 Å². The van der Waals surface area contributed by atoms with Crippen LogP contribution in [0, 0.1) is 34.5 Å². The van der Waals surface area contributed by atoms with Gasteiger partial charge in [0.2, 0.25) is 0 Å². The molecule has 0 bridgehead atoms. The predicted molar refractivity (Wildman–Crippen MR) is 102 cm³/mol. The minimum absolute atomic E-state index is 0.0212. The van der Waals surface area contributed by atoms with E-state index in [1.165, 1.54) is 5.57 Å². The minimum Gasteiger partial charge on any atom is -0.411 e. The van der Waals surface area contributed by atoms with Crippen molar-refractivity contribution in [2.75, 3.05) is 6.61 Å². The van der Waals surface area contributed by atoms with Crippen molar-refractivity contribution in [1.29, 1.82) is 0 Å². The van der Waals surface area contributed by atoms with E-state index in [2.05, 4.69) is 30.2 Å². The molecule has 0 aliphatic heterocycles. The van der Waals surface area contributed by atoms with E-state index in [0.717, 1.165) is 25.7 Å². The largest absolute Gasteiger partial charge is 0.411 e. The van der Waals surface area contributed by atoms with Gasteiger partial charge in [-0.05, 0) is 61.5 Å². The van der Waals surface area contributed by atoms with Crippen LogP contribution in [0.25, 0.3) is 0 Å². The summed E-state index contributed by atoms with van der Waals surface area (Å²) in [4.78, 5) is 0. The van der Waals surface area contributed by atoms with Gasteiger partial charge in [0.1, 0.15) is 5.71 Å². The molecule has 148 valence electrons. The zero-order valence-corrected chi connectivity index (χ0v) is 16.0. The van der Waals surface area contributed by atoms with Crippen LogP contribution >= 0.6 is 0 Å². The molecule has 3 saturated carbocycles. The summed E-state index contributed by atoms with van der Waals surface area (Å²) in [6, 6.07) is 0. The van der Waals surface area contributed by atoms with E-state index in [0.29, 0.717) is 29.7 Å². The number of hydrogen-bond donors (Lipinski definition) is 4. The molecule has 0 aromatic rings. The van der Waals surface area contributed by atoms with Crippen molar-refractivity contribution in [2.24, 2.45) is 44.8 Å². The highest BCUT2D eigenvalue weighted by atomic mass is 16.4. The molecule has 0 amide bonds. The molecule has 6 heteroatoms. The average Bonchev–Trinajstić information content (AvgIpc) is 2.98. The fourth-order valence-electron chi connectivity index (χ4n) is 7.16. The number of aliphatic hydroxyl groups excluding tert-OH is 2. The Kier molecular flexibility index (Phi) is 4.47. The summed E-state index contributed by atoms with van der Waals surface area (Å²) in [7, 11) is 0. The highest BCUT2D eigenvalue weighted by molar-refractivity contribution is 6.05. The minimum atomic E-state index is -0.457. The average molecular weight is 374 g/mol. The second-order valence-corrected chi connectivity index (χ2v) is 9.30. The number of nitrogens with zero attached hydrogens (tertiary/aromatic N) is 2. The molecule has 6 nitrogen and oxygen atoms in total. The normalized spacial score (nSPS) is 48.0. The number of hydrogen-bond acceptors (Lipinski definition) is 6. The number of allylic oxidation sites excluding steroid dienone is 4. The van der Waals surface area contributed by atoms with Gasteiger partial charge >= 0.3 is 0 Å². The first-order valence-electron chi connectivity index (χ1n) is 10.0. The molecule has 0 aromatic heterocycles. The lowest BCUT2D eigenvalue weighted by molar-refractivity contribution is -0.109. The van der Waals surface area contributed by atoms with E-state index in [1.54, 1.807) is 0 Å². The van der Waals surface area contributed by atoms with Crippen molar-refractivity contribution in [3.63, 3.8) is 0 Å². The Morgan fingerprint density at radius 2 is 2.00 bits per heavy atom. The first kappa shape index (κ1) is 18.7. The second-order valence-electron chi connectivity index (χ2n) is 9.30. The summed E-state index contributed by atoms with van der Waals surface area (Å²) in [5, 5.41) is 46.1. The summed E-state index contributed by atoms with van der Waals surface area (Å²) in [6.07, 6.45) is 10.0. The SMILES string of the molecule is CC12C=C/C(=N\O)C=C1CCC1C2C(O)CC2(C)C(/C(CO)=N/O)CCC12. The van der Waals surface area contributed by atoms with E-state index < -0.39 is 6.10 Å². The van der Waals surface area contributed by atoms with Crippen molar-refractivity contribution >= 4 is 11.4 Å². The van der Waals surface area contributed by atoms with Gasteiger partial charge in [0.25, 0.3) is 0 Å².